The molecule has 0 aromatic rings. The Morgan fingerprint density at radius 2 is 0.797 bits per heavy atom. The van der Waals surface area contributed by atoms with Crippen molar-refractivity contribution in [1.82, 2.24) is 0 Å². The first-order valence-electron chi connectivity index (χ1n) is 26.2. The number of carboxylic acids is 1. The number of hydrogen-bond acceptors (Lipinski definition) is 8. The second kappa shape index (κ2) is 51.9. The van der Waals surface area contributed by atoms with E-state index in [9.17, 15) is 19.0 Å². The number of carbonyl (C=O) groups is 2. The smallest absolute Gasteiger partial charge is 0.472 e. The molecule has 0 aromatic carbocycles. The standard InChI is InChI=1S/C58H94NO9P/c1-3-5-7-9-11-13-15-17-19-21-23-25-27-29-31-33-35-37-39-41-43-45-47-49-51-65-52-55(53-66-69(63,64)67-54-56(59)58(61)62)68-57(60)50-48-46-44-42-40-38-36-34-32-30-28-26-24-22-20-18-16-14-12-10-8-6-4-2/h5-8,11-14,17-20,23-26,29,31,35,37,41,43,55-56H,3-4,9-10,15-16,21-22,27-28,30,32-34,36,38-40,42,44-54,59H2,1-2H3,(H,61,62)(H,63,64)/b7-5-,8-6-,13-11-,14-12-,19-17-,20-18-,25-23-,26-24-,31-29-,37-35-,43-41-. The van der Waals surface area contributed by atoms with Gasteiger partial charge in [0.2, 0.25) is 0 Å². The van der Waals surface area contributed by atoms with Gasteiger partial charge in [0, 0.05) is 13.0 Å². The Kier molecular flexibility index (Phi) is 49.0. The highest BCUT2D eigenvalue weighted by molar-refractivity contribution is 7.47. The summed E-state index contributed by atoms with van der Waals surface area (Å²) in [5, 5.41) is 8.94. The summed E-state index contributed by atoms with van der Waals surface area (Å²) in [6, 6.07) is -1.49. The highest BCUT2D eigenvalue weighted by Crippen LogP contribution is 2.43. The van der Waals surface area contributed by atoms with Gasteiger partial charge in [-0.15, -0.1) is 0 Å². The second-order valence-electron chi connectivity index (χ2n) is 16.9. The third kappa shape index (κ3) is 51.8. The van der Waals surface area contributed by atoms with Crippen LogP contribution >= 0.6 is 7.82 Å². The largest absolute Gasteiger partial charge is 0.480 e. The highest BCUT2D eigenvalue weighted by atomic mass is 31.2. The number of hydrogen-bond donors (Lipinski definition) is 3. The first-order chi connectivity index (χ1) is 33.7. The number of allylic oxidation sites excluding steroid dienone is 22. The number of phosphoric acid groups is 1. The molecule has 0 saturated carbocycles. The van der Waals surface area contributed by atoms with Crippen LogP contribution in [-0.2, 0) is 32.7 Å². The number of esters is 1. The molecule has 0 aliphatic heterocycles. The molecule has 3 unspecified atom stereocenters. The molecule has 11 heteroatoms. The maximum absolute atomic E-state index is 12.7. The van der Waals surface area contributed by atoms with Crippen molar-refractivity contribution in [2.75, 3.05) is 26.4 Å². The molecular formula is C58H94NO9P. The van der Waals surface area contributed by atoms with Gasteiger partial charge in [0.15, 0.2) is 0 Å². The molecule has 390 valence electrons. The Morgan fingerprint density at radius 3 is 1.19 bits per heavy atom. The zero-order valence-corrected chi connectivity index (χ0v) is 43.7. The zero-order chi connectivity index (χ0) is 50.4. The molecule has 0 bridgehead atoms. The summed E-state index contributed by atoms with van der Waals surface area (Å²) in [6.07, 6.45) is 73.7. The van der Waals surface area contributed by atoms with E-state index < -0.39 is 45.1 Å². The van der Waals surface area contributed by atoms with Gasteiger partial charge in [-0.1, -0.05) is 199 Å². The summed E-state index contributed by atoms with van der Waals surface area (Å²) >= 11 is 0. The van der Waals surface area contributed by atoms with Crippen molar-refractivity contribution in [1.29, 1.82) is 0 Å². The van der Waals surface area contributed by atoms with Crippen LogP contribution in [0, 0.1) is 0 Å². The van der Waals surface area contributed by atoms with Gasteiger partial charge >= 0.3 is 19.8 Å². The summed E-state index contributed by atoms with van der Waals surface area (Å²) in [4.78, 5) is 33.7. The van der Waals surface area contributed by atoms with Gasteiger partial charge in [-0.3, -0.25) is 18.6 Å². The van der Waals surface area contributed by atoms with Gasteiger partial charge in [-0.05, 0) is 109 Å². The molecule has 0 aromatic heterocycles. The summed E-state index contributed by atoms with van der Waals surface area (Å²) in [5.41, 5.74) is 5.38. The lowest BCUT2D eigenvalue weighted by atomic mass is 10.0. The molecule has 3 atom stereocenters. The predicted octanol–water partition coefficient (Wildman–Crippen LogP) is 15.8. The molecule has 69 heavy (non-hydrogen) atoms. The van der Waals surface area contributed by atoms with Gasteiger partial charge < -0.3 is 25.2 Å². The van der Waals surface area contributed by atoms with Crippen LogP contribution in [0.5, 0.6) is 0 Å². The third-order valence-corrected chi connectivity index (χ3v) is 11.4. The summed E-state index contributed by atoms with van der Waals surface area (Å²) in [6.45, 7) is 3.52. The van der Waals surface area contributed by atoms with Crippen molar-refractivity contribution in [3.63, 3.8) is 0 Å². The van der Waals surface area contributed by atoms with Crippen LogP contribution in [0.4, 0.5) is 0 Å². The van der Waals surface area contributed by atoms with Gasteiger partial charge in [-0.25, -0.2) is 4.57 Å². The van der Waals surface area contributed by atoms with Crippen LogP contribution in [0.2, 0.25) is 0 Å². The van der Waals surface area contributed by atoms with Crippen molar-refractivity contribution >= 4 is 19.8 Å². The normalized spacial score (nSPS) is 14.7. The fourth-order valence-electron chi connectivity index (χ4n) is 6.46. The highest BCUT2D eigenvalue weighted by Gasteiger charge is 2.27. The second-order valence-corrected chi connectivity index (χ2v) is 18.3. The molecular weight excluding hydrogens is 886 g/mol. The third-order valence-electron chi connectivity index (χ3n) is 10.4. The van der Waals surface area contributed by atoms with Crippen molar-refractivity contribution in [3.8, 4) is 0 Å². The number of carboxylic acid groups (broad SMARTS) is 1. The monoisotopic (exact) mass is 980 g/mol. The van der Waals surface area contributed by atoms with Crippen LogP contribution in [0.25, 0.3) is 0 Å². The molecule has 0 saturated heterocycles. The van der Waals surface area contributed by atoms with Crippen molar-refractivity contribution in [3.05, 3.63) is 134 Å². The first-order valence-corrected chi connectivity index (χ1v) is 27.7. The Morgan fingerprint density at radius 1 is 0.464 bits per heavy atom. The Balaban J connectivity index is 4.27. The van der Waals surface area contributed by atoms with Crippen LogP contribution < -0.4 is 5.73 Å². The molecule has 0 rings (SSSR count). The van der Waals surface area contributed by atoms with E-state index in [1.165, 1.54) is 38.5 Å². The maximum Gasteiger partial charge on any atom is 0.472 e. The molecule has 0 spiro atoms. The van der Waals surface area contributed by atoms with Gasteiger partial charge in [0.05, 0.1) is 19.8 Å². The fourth-order valence-corrected chi connectivity index (χ4v) is 7.23. The first kappa shape index (κ1) is 65.1. The molecule has 0 heterocycles. The lowest BCUT2D eigenvalue weighted by molar-refractivity contribution is -0.154. The SMILES string of the molecule is CC/C=C\C/C=C\C/C=C\C/C=C\C/C=C\C/C=C\C/C=C\CCCCOCC(COP(=O)(O)OCC(N)C(=O)O)OC(=O)CCCCCCCCCCCC/C=C\C/C=C\C/C=C\C/C=C\CC. The minimum atomic E-state index is -4.65. The summed E-state index contributed by atoms with van der Waals surface area (Å²) < 4.78 is 33.5. The van der Waals surface area contributed by atoms with E-state index in [-0.39, 0.29) is 13.0 Å². The number of nitrogens with two attached hydrogens (primary N) is 1. The molecule has 0 radical (unpaired) electrons. The molecule has 0 aliphatic rings. The number of ether oxygens (including phenoxy) is 2. The van der Waals surface area contributed by atoms with E-state index in [4.69, 9.17) is 29.4 Å². The van der Waals surface area contributed by atoms with Gasteiger partial charge in [-0.2, -0.15) is 0 Å². The molecule has 0 fully saturated rings. The number of carbonyl (C=O) groups excluding carboxylic acids is 1. The van der Waals surface area contributed by atoms with Crippen LogP contribution in [0.3, 0.4) is 0 Å². The van der Waals surface area contributed by atoms with Gasteiger partial charge in [0.25, 0.3) is 0 Å². The number of rotatable bonds is 48. The Labute approximate surface area is 419 Å². The summed E-state index contributed by atoms with van der Waals surface area (Å²) in [5.74, 6) is -1.81. The van der Waals surface area contributed by atoms with E-state index in [0.29, 0.717) is 13.0 Å². The van der Waals surface area contributed by atoms with Crippen molar-refractivity contribution < 1.29 is 42.7 Å². The quantitative estimate of drug-likeness (QED) is 0.0232. The minimum Gasteiger partial charge on any atom is -0.480 e. The predicted molar refractivity (Wildman–Crippen MR) is 290 cm³/mol. The van der Waals surface area contributed by atoms with E-state index >= 15 is 0 Å². The van der Waals surface area contributed by atoms with Crippen molar-refractivity contribution in [2.24, 2.45) is 5.73 Å². The average molecular weight is 980 g/mol. The summed E-state index contributed by atoms with van der Waals surface area (Å²) in [7, 11) is -4.65. The fraction of sp³-hybridized carbons (Fsp3) is 0.586. The maximum atomic E-state index is 12.7. The van der Waals surface area contributed by atoms with Crippen LogP contribution in [0.1, 0.15) is 181 Å². The number of aliphatic carboxylic acids is 1. The molecule has 10 nitrogen and oxygen atoms in total. The lowest BCUT2D eigenvalue weighted by Gasteiger charge is -2.20. The Bertz CT molecular complexity index is 1600. The molecule has 4 N–H and O–H groups in total. The van der Waals surface area contributed by atoms with Crippen LogP contribution in [-0.4, -0.2) is 60.5 Å². The van der Waals surface area contributed by atoms with E-state index in [2.05, 4.69) is 148 Å². The topological polar surface area (TPSA) is 155 Å². The Hall–Kier alpha value is -3.89. The molecule has 0 aliphatic carbocycles. The lowest BCUT2D eigenvalue weighted by Crippen LogP contribution is -2.34. The van der Waals surface area contributed by atoms with E-state index in [1.807, 2.05) is 0 Å². The number of phosphoric ester groups is 1. The van der Waals surface area contributed by atoms with E-state index in [1.54, 1.807) is 0 Å². The average Bonchev–Trinajstić information content (AvgIpc) is 3.33. The van der Waals surface area contributed by atoms with Crippen LogP contribution in [0.15, 0.2) is 134 Å². The zero-order valence-electron chi connectivity index (χ0n) is 42.8. The number of unbranched alkanes of at least 4 members (excludes halogenated alkanes) is 12. The molecule has 0 amide bonds. The van der Waals surface area contributed by atoms with Gasteiger partial charge in [0.1, 0.15) is 12.1 Å². The van der Waals surface area contributed by atoms with E-state index in [0.717, 1.165) is 116 Å². The van der Waals surface area contributed by atoms with Crippen molar-refractivity contribution in [2.45, 2.75) is 193 Å². The minimum absolute atomic E-state index is 0.0245.